The normalized spacial score (nSPS) is 11.5. The monoisotopic (exact) mass is 362 g/mol. The molecule has 0 aliphatic carbocycles. The van der Waals surface area contributed by atoms with Crippen molar-refractivity contribution in [1.82, 2.24) is 10.3 Å². The van der Waals surface area contributed by atoms with E-state index < -0.39 is 17.6 Å². The quantitative estimate of drug-likeness (QED) is 0.716. The lowest BCUT2D eigenvalue weighted by molar-refractivity contribution is -0.137. The summed E-state index contributed by atoms with van der Waals surface area (Å²) in [6.07, 6.45) is -1.96. The third kappa shape index (κ3) is 3.82. The van der Waals surface area contributed by atoms with Gasteiger partial charge in [-0.05, 0) is 54.4 Å². The fourth-order valence-corrected chi connectivity index (χ4v) is 2.71. The average Bonchev–Trinajstić information content (AvgIpc) is 3.03. The van der Waals surface area contributed by atoms with Gasteiger partial charge in [0, 0.05) is 29.2 Å². The summed E-state index contributed by atoms with van der Waals surface area (Å²) >= 11 is 0. The van der Waals surface area contributed by atoms with Crippen LogP contribution < -0.4 is 10.1 Å². The van der Waals surface area contributed by atoms with Crippen molar-refractivity contribution in [1.29, 1.82) is 0 Å². The van der Waals surface area contributed by atoms with E-state index >= 15 is 0 Å². The molecule has 1 amide bonds. The molecular weight excluding hydrogens is 345 g/mol. The van der Waals surface area contributed by atoms with E-state index in [9.17, 15) is 18.0 Å². The third-order valence-electron chi connectivity index (χ3n) is 4.13. The van der Waals surface area contributed by atoms with Crippen molar-refractivity contribution < 1.29 is 22.7 Å². The van der Waals surface area contributed by atoms with Gasteiger partial charge in [0.25, 0.3) is 5.91 Å². The molecule has 0 atom stereocenters. The van der Waals surface area contributed by atoms with E-state index in [0.717, 1.165) is 34.3 Å². The molecule has 0 spiro atoms. The van der Waals surface area contributed by atoms with Gasteiger partial charge in [0.2, 0.25) is 0 Å². The first-order chi connectivity index (χ1) is 12.4. The van der Waals surface area contributed by atoms with Crippen molar-refractivity contribution in [2.45, 2.75) is 12.6 Å². The minimum Gasteiger partial charge on any atom is -0.497 e. The van der Waals surface area contributed by atoms with E-state index in [1.807, 2.05) is 24.4 Å². The molecule has 2 aromatic carbocycles. The number of amides is 1. The summed E-state index contributed by atoms with van der Waals surface area (Å²) in [5.41, 5.74) is 1.40. The number of alkyl halides is 3. The number of nitrogens with one attached hydrogen (secondary N) is 2. The first-order valence-corrected chi connectivity index (χ1v) is 7.98. The van der Waals surface area contributed by atoms with Gasteiger partial charge in [-0.25, -0.2) is 0 Å². The molecule has 7 heteroatoms. The van der Waals surface area contributed by atoms with E-state index in [0.29, 0.717) is 13.0 Å². The van der Waals surface area contributed by atoms with Crippen LogP contribution in [0.5, 0.6) is 5.75 Å². The van der Waals surface area contributed by atoms with E-state index in [2.05, 4.69) is 10.3 Å². The number of fused-ring (bicyclic) bond motifs is 1. The Kier molecular flexibility index (Phi) is 4.88. The number of carbonyl (C=O) groups is 1. The molecule has 0 saturated carbocycles. The Morgan fingerprint density at radius 2 is 1.88 bits per heavy atom. The number of rotatable bonds is 5. The molecule has 0 unspecified atom stereocenters. The lowest BCUT2D eigenvalue weighted by Crippen LogP contribution is -2.25. The summed E-state index contributed by atoms with van der Waals surface area (Å²) in [5.74, 6) is 0.336. The zero-order chi connectivity index (χ0) is 18.7. The molecule has 0 saturated heterocycles. The maximum absolute atomic E-state index is 12.5. The SMILES string of the molecule is COc1ccc2[nH]cc(CCNC(=O)c3ccc(C(F)(F)F)cc3)c2c1. The van der Waals surface area contributed by atoms with E-state index in [1.165, 1.54) is 12.1 Å². The van der Waals surface area contributed by atoms with Crippen molar-refractivity contribution in [3.8, 4) is 5.75 Å². The number of carbonyl (C=O) groups excluding carboxylic acids is 1. The number of hydrogen-bond donors (Lipinski definition) is 2. The molecule has 3 rings (SSSR count). The fraction of sp³-hybridized carbons (Fsp3) is 0.211. The number of H-pyrrole nitrogens is 1. The van der Waals surface area contributed by atoms with E-state index in [-0.39, 0.29) is 5.56 Å². The van der Waals surface area contributed by atoms with E-state index in [4.69, 9.17) is 4.74 Å². The Morgan fingerprint density at radius 1 is 1.15 bits per heavy atom. The highest BCUT2D eigenvalue weighted by Gasteiger charge is 2.30. The molecule has 0 aliphatic rings. The number of ether oxygens (including phenoxy) is 1. The molecule has 1 aromatic heterocycles. The van der Waals surface area contributed by atoms with Gasteiger partial charge >= 0.3 is 6.18 Å². The van der Waals surface area contributed by atoms with Gasteiger partial charge in [-0.15, -0.1) is 0 Å². The Labute approximate surface area is 148 Å². The number of benzene rings is 2. The predicted molar refractivity (Wildman–Crippen MR) is 92.3 cm³/mol. The maximum atomic E-state index is 12.5. The number of methoxy groups -OCH3 is 1. The van der Waals surface area contributed by atoms with Gasteiger partial charge in [0.05, 0.1) is 12.7 Å². The summed E-state index contributed by atoms with van der Waals surface area (Å²) in [5, 5.41) is 3.73. The fourth-order valence-electron chi connectivity index (χ4n) is 2.71. The second-order valence-corrected chi connectivity index (χ2v) is 5.81. The van der Waals surface area contributed by atoms with Crippen LogP contribution in [0.3, 0.4) is 0 Å². The maximum Gasteiger partial charge on any atom is 0.416 e. The molecule has 26 heavy (non-hydrogen) atoms. The largest absolute Gasteiger partial charge is 0.497 e. The summed E-state index contributed by atoms with van der Waals surface area (Å²) in [4.78, 5) is 15.2. The van der Waals surface area contributed by atoms with Gasteiger partial charge in [-0.3, -0.25) is 4.79 Å². The standard InChI is InChI=1S/C19H17F3N2O2/c1-26-15-6-7-17-16(10-15)13(11-24-17)8-9-23-18(25)12-2-4-14(5-3-12)19(20,21)22/h2-7,10-11,24H,8-9H2,1H3,(H,23,25). The second-order valence-electron chi connectivity index (χ2n) is 5.81. The van der Waals surface area contributed by atoms with Gasteiger partial charge < -0.3 is 15.0 Å². The van der Waals surface area contributed by atoms with Crippen LogP contribution in [0, 0.1) is 0 Å². The third-order valence-corrected chi connectivity index (χ3v) is 4.13. The van der Waals surface area contributed by atoms with Gasteiger partial charge in [0.15, 0.2) is 0 Å². The summed E-state index contributed by atoms with van der Waals surface area (Å²) in [7, 11) is 1.60. The molecule has 4 nitrogen and oxygen atoms in total. The highest BCUT2D eigenvalue weighted by Crippen LogP contribution is 2.29. The first kappa shape index (κ1) is 17.8. The van der Waals surface area contributed by atoms with Crippen LogP contribution in [-0.2, 0) is 12.6 Å². The molecule has 0 fully saturated rings. The summed E-state index contributed by atoms with van der Waals surface area (Å²) < 4.78 is 42.9. The van der Waals surface area contributed by atoms with Crippen molar-refractivity contribution >= 4 is 16.8 Å². The minimum atomic E-state index is -4.41. The Bertz CT molecular complexity index is 915. The van der Waals surface area contributed by atoms with Crippen LogP contribution in [-0.4, -0.2) is 24.5 Å². The highest BCUT2D eigenvalue weighted by molar-refractivity contribution is 5.94. The van der Waals surface area contributed by atoms with Crippen molar-refractivity contribution in [3.63, 3.8) is 0 Å². The lowest BCUT2D eigenvalue weighted by Gasteiger charge is -2.08. The molecule has 0 radical (unpaired) electrons. The smallest absolute Gasteiger partial charge is 0.416 e. The molecule has 0 bridgehead atoms. The van der Waals surface area contributed by atoms with Crippen molar-refractivity contribution in [2.75, 3.05) is 13.7 Å². The zero-order valence-corrected chi connectivity index (χ0v) is 14.0. The highest BCUT2D eigenvalue weighted by atomic mass is 19.4. The topological polar surface area (TPSA) is 54.1 Å². The molecule has 136 valence electrons. The predicted octanol–water partition coefficient (Wildman–Crippen LogP) is 4.17. The van der Waals surface area contributed by atoms with Crippen LogP contribution in [0.4, 0.5) is 13.2 Å². The van der Waals surface area contributed by atoms with Gasteiger partial charge in [0.1, 0.15) is 5.75 Å². The van der Waals surface area contributed by atoms with Gasteiger partial charge in [-0.1, -0.05) is 0 Å². The van der Waals surface area contributed by atoms with Crippen LogP contribution >= 0.6 is 0 Å². The van der Waals surface area contributed by atoms with Crippen LogP contribution in [0.1, 0.15) is 21.5 Å². The Morgan fingerprint density at radius 3 is 2.54 bits per heavy atom. The Hall–Kier alpha value is -2.96. The van der Waals surface area contributed by atoms with Crippen LogP contribution in [0.25, 0.3) is 10.9 Å². The minimum absolute atomic E-state index is 0.193. The Balaban J connectivity index is 1.62. The molecule has 3 aromatic rings. The lowest BCUT2D eigenvalue weighted by atomic mass is 10.1. The van der Waals surface area contributed by atoms with Crippen molar-refractivity contribution in [3.05, 3.63) is 65.4 Å². The summed E-state index contributed by atoms with van der Waals surface area (Å²) in [6, 6.07) is 9.84. The van der Waals surface area contributed by atoms with Crippen LogP contribution in [0.15, 0.2) is 48.7 Å². The van der Waals surface area contributed by atoms with Gasteiger partial charge in [-0.2, -0.15) is 13.2 Å². The molecule has 0 aliphatic heterocycles. The van der Waals surface area contributed by atoms with Crippen molar-refractivity contribution in [2.24, 2.45) is 0 Å². The molecule has 1 heterocycles. The summed E-state index contributed by atoms with van der Waals surface area (Å²) in [6.45, 7) is 0.365. The number of aromatic amines is 1. The molecular formula is C19H17F3N2O2. The van der Waals surface area contributed by atoms with Crippen LogP contribution in [0.2, 0.25) is 0 Å². The van der Waals surface area contributed by atoms with E-state index in [1.54, 1.807) is 7.11 Å². The molecule has 2 N–H and O–H groups in total. The average molecular weight is 362 g/mol. The number of aromatic nitrogens is 1. The second kappa shape index (κ2) is 7.11. The first-order valence-electron chi connectivity index (χ1n) is 7.98. The number of hydrogen-bond acceptors (Lipinski definition) is 2. The number of halogens is 3. The zero-order valence-electron chi connectivity index (χ0n) is 14.0.